The van der Waals surface area contributed by atoms with Crippen LogP contribution < -0.4 is 10.6 Å². The highest BCUT2D eigenvalue weighted by Gasteiger charge is 2.08. The lowest BCUT2D eigenvalue weighted by molar-refractivity contribution is -0.137. The molecule has 0 atom stereocenters. The zero-order valence-electron chi connectivity index (χ0n) is 13.3. The van der Waals surface area contributed by atoms with Crippen LogP contribution in [0.15, 0.2) is 72.4 Å². The second kappa shape index (κ2) is 8.63. The number of carbonyl (C=O) groups excluding carboxylic acids is 1. The molecular weight excluding hydrogens is 288 g/mol. The topological polar surface area (TPSA) is 55.6 Å². The second-order valence-corrected chi connectivity index (χ2v) is 5.30. The summed E-state index contributed by atoms with van der Waals surface area (Å²) in [5.74, 6) is -0.405. The number of ether oxygens (including phenoxy) is 1. The Morgan fingerprint density at radius 1 is 1.09 bits per heavy atom. The van der Waals surface area contributed by atoms with Crippen molar-refractivity contribution in [3.05, 3.63) is 78.0 Å². The van der Waals surface area contributed by atoms with Gasteiger partial charge < -0.3 is 15.4 Å². The van der Waals surface area contributed by atoms with Crippen LogP contribution in [0, 0.1) is 0 Å². The molecule has 0 bridgehead atoms. The van der Waals surface area contributed by atoms with Crippen molar-refractivity contribution in [3.8, 4) is 0 Å². The predicted octanol–water partition coefficient (Wildman–Crippen LogP) is 3.10. The zero-order chi connectivity index (χ0) is 16.5. The number of hydrogen-bond acceptors (Lipinski definition) is 4. The fourth-order valence-corrected chi connectivity index (χ4v) is 2.23. The molecular formula is C19H22N2O2. The Labute approximate surface area is 137 Å². The molecule has 4 heteroatoms. The first-order valence-corrected chi connectivity index (χ1v) is 7.59. The summed E-state index contributed by atoms with van der Waals surface area (Å²) >= 11 is 0. The highest BCUT2D eigenvalue weighted by molar-refractivity contribution is 5.82. The van der Waals surface area contributed by atoms with Gasteiger partial charge in [0.15, 0.2) is 0 Å². The van der Waals surface area contributed by atoms with E-state index in [9.17, 15) is 4.79 Å². The summed E-state index contributed by atoms with van der Waals surface area (Å²) in [7, 11) is 0. The van der Waals surface area contributed by atoms with Crippen molar-refractivity contribution in [3.63, 3.8) is 0 Å². The molecule has 0 unspecified atom stereocenters. The van der Waals surface area contributed by atoms with Gasteiger partial charge in [0.2, 0.25) is 0 Å². The van der Waals surface area contributed by atoms with Crippen LogP contribution in [0.1, 0.15) is 12.5 Å². The number of anilines is 1. The molecule has 0 aliphatic rings. The minimum Gasteiger partial charge on any atom is -0.461 e. The van der Waals surface area contributed by atoms with E-state index >= 15 is 0 Å². The van der Waals surface area contributed by atoms with Gasteiger partial charge in [-0.3, -0.25) is 0 Å². The summed E-state index contributed by atoms with van der Waals surface area (Å²) in [5.41, 5.74) is 8.22. The number of carbonyl (C=O) groups is 1. The van der Waals surface area contributed by atoms with Crippen molar-refractivity contribution in [2.45, 2.75) is 13.5 Å². The van der Waals surface area contributed by atoms with Gasteiger partial charge in [0.25, 0.3) is 0 Å². The molecule has 23 heavy (non-hydrogen) atoms. The number of nitrogens with zero attached hydrogens (tertiary/aromatic N) is 1. The minimum absolute atomic E-state index is 0.310. The molecule has 0 saturated heterocycles. The summed E-state index contributed by atoms with van der Waals surface area (Å²) < 4.78 is 5.21. The summed E-state index contributed by atoms with van der Waals surface area (Å²) in [6.45, 7) is 3.34. The van der Waals surface area contributed by atoms with Crippen molar-refractivity contribution in [1.29, 1.82) is 0 Å². The molecule has 4 nitrogen and oxygen atoms in total. The molecule has 0 aliphatic carbocycles. The summed E-state index contributed by atoms with van der Waals surface area (Å²) in [5, 5.41) is 0. The highest BCUT2D eigenvalue weighted by atomic mass is 16.5. The predicted molar refractivity (Wildman–Crippen MR) is 92.8 cm³/mol. The maximum absolute atomic E-state index is 11.5. The van der Waals surface area contributed by atoms with E-state index in [1.807, 2.05) is 36.4 Å². The van der Waals surface area contributed by atoms with Crippen LogP contribution in [0.3, 0.4) is 0 Å². The summed E-state index contributed by atoms with van der Waals surface area (Å²) in [6.07, 6.45) is 1.30. The van der Waals surface area contributed by atoms with Gasteiger partial charge in [-0.1, -0.05) is 48.5 Å². The lowest BCUT2D eigenvalue weighted by atomic mass is 10.2. The lowest BCUT2D eigenvalue weighted by Crippen LogP contribution is -2.27. The maximum atomic E-state index is 11.5. The third-order valence-electron chi connectivity index (χ3n) is 3.29. The Kier molecular flexibility index (Phi) is 6.24. The standard InChI is InChI=1S/C19H22N2O2/c1-16(20)14-19(22)23-13-12-21(18-10-6-3-7-11-18)15-17-8-4-2-5-9-17/h2-11,14H,12-13,15,20H2,1H3. The van der Waals surface area contributed by atoms with E-state index < -0.39 is 5.97 Å². The molecule has 2 N–H and O–H groups in total. The van der Waals surface area contributed by atoms with Crippen LogP contribution in [0.2, 0.25) is 0 Å². The van der Waals surface area contributed by atoms with Crippen molar-refractivity contribution < 1.29 is 9.53 Å². The fourth-order valence-electron chi connectivity index (χ4n) is 2.23. The van der Waals surface area contributed by atoms with E-state index in [-0.39, 0.29) is 0 Å². The van der Waals surface area contributed by atoms with Gasteiger partial charge in [-0.05, 0) is 24.6 Å². The Morgan fingerprint density at radius 3 is 2.30 bits per heavy atom. The Bertz CT molecular complexity index is 635. The monoisotopic (exact) mass is 310 g/mol. The molecule has 2 aromatic rings. The number of allylic oxidation sites excluding steroid dienone is 1. The highest BCUT2D eigenvalue weighted by Crippen LogP contribution is 2.16. The number of hydrogen-bond donors (Lipinski definition) is 1. The van der Waals surface area contributed by atoms with Gasteiger partial charge >= 0.3 is 5.97 Å². The largest absolute Gasteiger partial charge is 0.461 e. The molecule has 2 aromatic carbocycles. The van der Waals surface area contributed by atoms with Gasteiger partial charge in [-0.15, -0.1) is 0 Å². The van der Waals surface area contributed by atoms with Crippen LogP contribution in [0.4, 0.5) is 5.69 Å². The van der Waals surface area contributed by atoms with E-state index in [4.69, 9.17) is 10.5 Å². The molecule has 0 amide bonds. The van der Waals surface area contributed by atoms with Crippen LogP contribution in [0.25, 0.3) is 0 Å². The molecule has 0 aliphatic heterocycles. The molecule has 120 valence electrons. The third-order valence-corrected chi connectivity index (χ3v) is 3.29. The first-order valence-electron chi connectivity index (χ1n) is 7.59. The Morgan fingerprint density at radius 2 is 1.70 bits per heavy atom. The Balaban J connectivity index is 2.00. The normalized spacial score (nSPS) is 11.1. The van der Waals surface area contributed by atoms with E-state index in [0.717, 1.165) is 12.2 Å². The van der Waals surface area contributed by atoms with Gasteiger partial charge in [-0.2, -0.15) is 0 Å². The van der Waals surface area contributed by atoms with Crippen molar-refractivity contribution in [2.75, 3.05) is 18.1 Å². The average Bonchev–Trinajstić information content (AvgIpc) is 2.55. The van der Waals surface area contributed by atoms with Crippen LogP contribution in [0.5, 0.6) is 0 Å². The minimum atomic E-state index is -0.405. The second-order valence-electron chi connectivity index (χ2n) is 5.30. The zero-order valence-corrected chi connectivity index (χ0v) is 13.3. The van der Waals surface area contributed by atoms with Crippen molar-refractivity contribution in [1.82, 2.24) is 0 Å². The van der Waals surface area contributed by atoms with Crippen molar-refractivity contribution in [2.24, 2.45) is 5.73 Å². The molecule has 2 rings (SSSR count). The number of para-hydroxylation sites is 1. The van der Waals surface area contributed by atoms with Crippen molar-refractivity contribution >= 4 is 11.7 Å². The quantitative estimate of drug-likeness (QED) is 0.631. The molecule has 0 fully saturated rings. The third kappa shape index (κ3) is 5.87. The van der Waals surface area contributed by atoms with E-state index in [1.54, 1.807) is 6.92 Å². The first-order chi connectivity index (χ1) is 11.1. The van der Waals surface area contributed by atoms with Gasteiger partial charge in [0.1, 0.15) is 6.61 Å². The molecule has 0 aromatic heterocycles. The number of rotatable bonds is 7. The first kappa shape index (κ1) is 16.6. The smallest absolute Gasteiger partial charge is 0.332 e. The van der Waals surface area contributed by atoms with Gasteiger partial charge in [0, 0.05) is 24.0 Å². The maximum Gasteiger partial charge on any atom is 0.332 e. The number of esters is 1. The number of benzene rings is 2. The SMILES string of the molecule is CC(N)=CC(=O)OCCN(Cc1ccccc1)c1ccccc1. The summed E-state index contributed by atoms with van der Waals surface area (Å²) in [6, 6.07) is 20.3. The molecule has 0 radical (unpaired) electrons. The van der Waals surface area contributed by atoms with E-state index in [1.165, 1.54) is 11.6 Å². The molecule has 0 saturated carbocycles. The fraction of sp³-hybridized carbons (Fsp3) is 0.211. The average molecular weight is 310 g/mol. The lowest BCUT2D eigenvalue weighted by Gasteiger charge is -2.24. The molecule has 0 spiro atoms. The van der Waals surface area contributed by atoms with Crippen LogP contribution >= 0.6 is 0 Å². The van der Waals surface area contributed by atoms with Crippen LogP contribution in [-0.4, -0.2) is 19.1 Å². The van der Waals surface area contributed by atoms with E-state index in [0.29, 0.717) is 18.8 Å². The van der Waals surface area contributed by atoms with E-state index in [2.05, 4.69) is 29.2 Å². The molecule has 0 heterocycles. The Hall–Kier alpha value is -2.75. The number of nitrogens with two attached hydrogens (primary N) is 1. The van der Waals surface area contributed by atoms with Crippen LogP contribution in [-0.2, 0) is 16.1 Å². The van der Waals surface area contributed by atoms with Gasteiger partial charge in [-0.25, -0.2) is 4.79 Å². The van der Waals surface area contributed by atoms with Gasteiger partial charge in [0.05, 0.1) is 6.54 Å². The summed E-state index contributed by atoms with van der Waals surface area (Å²) in [4.78, 5) is 13.7.